The summed E-state index contributed by atoms with van der Waals surface area (Å²) in [5.41, 5.74) is 6.16. The number of hydrogen-bond acceptors (Lipinski definition) is 3. The maximum Gasteiger partial charge on any atom is 0.148 e. The Balaban J connectivity index is 2.28. The Kier molecular flexibility index (Phi) is 5.60. The first-order valence-electron chi connectivity index (χ1n) is 6.12. The minimum atomic E-state index is -0.306. The molecule has 0 aliphatic carbocycles. The minimum Gasteiger partial charge on any atom is -0.482 e. The normalized spacial score (nSPS) is 14.1. The van der Waals surface area contributed by atoms with Crippen LogP contribution in [0.3, 0.4) is 0 Å². The van der Waals surface area contributed by atoms with Crippen LogP contribution in [0.5, 0.6) is 5.75 Å². The second-order valence-electron chi connectivity index (χ2n) is 4.35. The lowest BCUT2D eigenvalue weighted by Crippen LogP contribution is -2.31. The van der Waals surface area contributed by atoms with E-state index in [2.05, 4.69) is 31.9 Å². The summed E-state index contributed by atoms with van der Waals surface area (Å²) in [6, 6.07) is 6.24. The van der Waals surface area contributed by atoms with Gasteiger partial charge in [0, 0.05) is 20.8 Å². The van der Waals surface area contributed by atoms with Crippen molar-refractivity contribution in [2.45, 2.75) is 25.5 Å². The van der Waals surface area contributed by atoms with Gasteiger partial charge in [-0.15, -0.1) is 11.3 Å². The van der Waals surface area contributed by atoms with Crippen LogP contribution in [0.1, 0.15) is 24.3 Å². The van der Waals surface area contributed by atoms with E-state index in [-0.39, 0.29) is 18.0 Å². The van der Waals surface area contributed by atoms with Crippen LogP contribution in [0.2, 0.25) is 0 Å². The molecule has 108 valence electrons. The van der Waals surface area contributed by atoms with E-state index < -0.39 is 0 Å². The fourth-order valence-electron chi connectivity index (χ4n) is 1.76. The first-order chi connectivity index (χ1) is 9.51. The minimum absolute atomic E-state index is 0.127. The fourth-order valence-corrected chi connectivity index (χ4v) is 3.75. The van der Waals surface area contributed by atoms with Gasteiger partial charge in [0.15, 0.2) is 0 Å². The van der Waals surface area contributed by atoms with Crippen molar-refractivity contribution in [3.05, 3.63) is 49.3 Å². The van der Waals surface area contributed by atoms with Crippen molar-refractivity contribution >= 4 is 43.2 Å². The highest BCUT2D eigenvalue weighted by molar-refractivity contribution is 9.10. The van der Waals surface area contributed by atoms with Crippen molar-refractivity contribution in [2.24, 2.45) is 5.73 Å². The van der Waals surface area contributed by atoms with Crippen molar-refractivity contribution in [3.63, 3.8) is 0 Å². The standard InChI is InChI=1S/C14H14Br2FNOS/c1-2-11(18)14(13-5-8(15)7-20-13)19-12-4-3-9(17)6-10(12)16/h3-7,11,14H,2,18H2,1H3. The Bertz CT molecular complexity index is 590. The molecular formula is C14H14Br2FNOS. The van der Waals surface area contributed by atoms with Crippen LogP contribution in [0, 0.1) is 5.82 Å². The third-order valence-electron chi connectivity index (χ3n) is 2.88. The summed E-state index contributed by atoms with van der Waals surface area (Å²) in [5, 5.41) is 1.99. The van der Waals surface area contributed by atoms with Crippen LogP contribution in [0.15, 0.2) is 38.6 Å². The molecule has 0 amide bonds. The third kappa shape index (κ3) is 3.81. The van der Waals surface area contributed by atoms with E-state index in [0.717, 1.165) is 15.8 Å². The molecule has 0 bridgehead atoms. The molecule has 1 heterocycles. The summed E-state index contributed by atoms with van der Waals surface area (Å²) in [6.07, 6.45) is 0.539. The van der Waals surface area contributed by atoms with Crippen molar-refractivity contribution in [2.75, 3.05) is 0 Å². The van der Waals surface area contributed by atoms with Gasteiger partial charge in [0.1, 0.15) is 17.7 Å². The largest absolute Gasteiger partial charge is 0.482 e. The topological polar surface area (TPSA) is 35.2 Å². The molecule has 1 aromatic heterocycles. The summed E-state index contributed by atoms with van der Waals surface area (Å²) >= 11 is 8.34. The predicted molar refractivity (Wildman–Crippen MR) is 87.8 cm³/mol. The molecule has 2 unspecified atom stereocenters. The lowest BCUT2D eigenvalue weighted by atomic mass is 10.1. The molecule has 0 saturated carbocycles. The van der Waals surface area contributed by atoms with Crippen LogP contribution >= 0.6 is 43.2 Å². The Morgan fingerprint density at radius 3 is 2.65 bits per heavy atom. The first kappa shape index (κ1) is 15.9. The first-order valence-corrected chi connectivity index (χ1v) is 8.59. The number of ether oxygens (including phenoxy) is 1. The van der Waals surface area contributed by atoms with Crippen LogP contribution in [0.4, 0.5) is 4.39 Å². The van der Waals surface area contributed by atoms with Gasteiger partial charge in [-0.05, 0) is 62.5 Å². The van der Waals surface area contributed by atoms with Crippen LogP contribution < -0.4 is 10.5 Å². The average Bonchev–Trinajstić information content (AvgIpc) is 2.83. The molecule has 2 aromatic rings. The Hall–Kier alpha value is -0.430. The summed E-state index contributed by atoms with van der Waals surface area (Å²) in [7, 11) is 0. The molecule has 1 aromatic carbocycles. The highest BCUT2D eigenvalue weighted by Gasteiger charge is 2.23. The molecule has 20 heavy (non-hydrogen) atoms. The van der Waals surface area contributed by atoms with Gasteiger partial charge in [-0.1, -0.05) is 6.92 Å². The molecule has 0 spiro atoms. The van der Waals surface area contributed by atoms with Gasteiger partial charge >= 0.3 is 0 Å². The summed E-state index contributed by atoms with van der Waals surface area (Å²) in [6.45, 7) is 2.02. The number of thiophene rings is 1. The van der Waals surface area contributed by atoms with E-state index in [1.54, 1.807) is 17.4 Å². The predicted octanol–water partition coefficient (Wildman–Crippen LogP) is 5.27. The van der Waals surface area contributed by atoms with E-state index in [1.807, 2.05) is 18.4 Å². The smallest absolute Gasteiger partial charge is 0.148 e. The van der Waals surface area contributed by atoms with Gasteiger partial charge in [0.05, 0.1) is 4.47 Å². The van der Waals surface area contributed by atoms with Gasteiger partial charge in [-0.2, -0.15) is 0 Å². The van der Waals surface area contributed by atoms with Crippen molar-refractivity contribution in [1.82, 2.24) is 0 Å². The maximum absolute atomic E-state index is 13.1. The Morgan fingerprint density at radius 2 is 2.10 bits per heavy atom. The lowest BCUT2D eigenvalue weighted by Gasteiger charge is -2.24. The molecule has 2 nitrogen and oxygen atoms in total. The number of nitrogens with two attached hydrogens (primary N) is 1. The number of halogens is 3. The van der Waals surface area contributed by atoms with Gasteiger partial charge in [-0.3, -0.25) is 0 Å². The van der Waals surface area contributed by atoms with E-state index >= 15 is 0 Å². The molecule has 2 N–H and O–H groups in total. The van der Waals surface area contributed by atoms with Crippen LogP contribution in [-0.2, 0) is 0 Å². The molecule has 2 rings (SSSR count). The van der Waals surface area contributed by atoms with E-state index in [1.165, 1.54) is 12.1 Å². The molecule has 6 heteroatoms. The quantitative estimate of drug-likeness (QED) is 0.712. The van der Waals surface area contributed by atoms with Gasteiger partial charge in [0.2, 0.25) is 0 Å². The zero-order valence-corrected chi connectivity index (χ0v) is 14.8. The average molecular weight is 423 g/mol. The van der Waals surface area contributed by atoms with Gasteiger partial charge in [-0.25, -0.2) is 4.39 Å². The molecule has 0 aliphatic heterocycles. The molecule has 0 aliphatic rings. The molecule has 0 saturated heterocycles. The number of benzene rings is 1. The van der Waals surface area contributed by atoms with Crippen LogP contribution in [-0.4, -0.2) is 6.04 Å². The number of hydrogen-bond donors (Lipinski definition) is 1. The zero-order chi connectivity index (χ0) is 14.7. The second-order valence-corrected chi connectivity index (χ2v) is 7.07. The SMILES string of the molecule is CCC(N)C(Oc1ccc(F)cc1Br)c1cc(Br)cs1. The van der Waals surface area contributed by atoms with E-state index in [9.17, 15) is 4.39 Å². The Labute approximate surface area is 138 Å². The summed E-state index contributed by atoms with van der Waals surface area (Å²) < 4.78 is 20.7. The van der Waals surface area contributed by atoms with E-state index in [4.69, 9.17) is 10.5 Å². The van der Waals surface area contributed by atoms with Gasteiger partial charge in [0.25, 0.3) is 0 Å². The third-order valence-corrected chi connectivity index (χ3v) is 5.25. The maximum atomic E-state index is 13.1. The molecular weight excluding hydrogens is 409 g/mol. The highest BCUT2D eigenvalue weighted by atomic mass is 79.9. The monoisotopic (exact) mass is 421 g/mol. The molecule has 2 atom stereocenters. The van der Waals surface area contributed by atoms with Crippen molar-refractivity contribution < 1.29 is 9.13 Å². The van der Waals surface area contributed by atoms with Gasteiger partial charge < -0.3 is 10.5 Å². The van der Waals surface area contributed by atoms with E-state index in [0.29, 0.717) is 10.2 Å². The van der Waals surface area contributed by atoms with Crippen LogP contribution in [0.25, 0.3) is 0 Å². The lowest BCUT2D eigenvalue weighted by molar-refractivity contribution is 0.173. The fraction of sp³-hybridized carbons (Fsp3) is 0.286. The summed E-state index contributed by atoms with van der Waals surface area (Å²) in [4.78, 5) is 1.04. The highest BCUT2D eigenvalue weighted by Crippen LogP contribution is 2.35. The van der Waals surface area contributed by atoms with Crippen molar-refractivity contribution in [1.29, 1.82) is 0 Å². The summed E-state index contributed by atoms with van der Waals surface area (Å²) in [5.74, 6) is 0.282. The zero-order valence-electron chi connectivity index (χ0n) is 10.8. The number of rotatable bonds is 5. The molecule has 0 radical (unpaired) electrons. The Morgan fingerprint density at radius 1 is 1.35 bits per heavy atom. The molecule has 0 fully saturated rings. The second kappa shape index (κ2) is 7.02. The van der Waals surface area contributed by atoms with Crippen molar-refractivity contribution in [3.8, 4) is 5.75 Å².